The van der Waals surface area contributed by atoms with E-state index in [-0.39, 0.29) is 60.6 Å². The van der Waals surface area contributed by atoms with Crippen molar-refractivity contribution in [1.29, 1.82) is 6.65 Å². The number of amides is 4. The zero-order valence-electron chi connectivity index (χ0n) is 27.0. The molecule has 8 atom stereocenters. The summed E-state index contributed by atoms with van der Waals surface area (Å²) in [7, 11) is 0.500. The number of benzene rings is 2. The van der Waals surface area contributed by atoms with Crippen molar-refractivity contribution < 1.29 is 48.3 Å². The first kappa shape index (κ1) is 33.9. The molecule has 2 N–H and O–H groups in total. The van der Waals surface area contributed by atoms with Crippen LogP contribution in [0, 0.1) is 52.7 Å². The van der Waals surface area contributed by atoms with Gasteiger partial charge in [0.1, 0.15) is 13.2 Å². The van der Waals surface area contributed by atoms with Gasteiger partial charge in [0.2, 0.25) is 0 Å². The summed E-state index contributed by atoms with van der Waals surface area (Å²) in [6.07, 6.45) is 8.64. The van der Waals surface area contributed by atoms with Crippen molar-refractivity contribution in [2.75, 3.05) is 0 Å². The fraction of sp³-hybridized carbons (Fsp3) is 0.353. The van der Waals surface area contributed by atoms with Gasteiger partial charge >= 0.3 is 25.8 Å². The minimum atomic E-state index is -1.05. The van der Waals surface area contributed by atoms with E-state index in [4.69, 9.17) is 33.0 Å². The normalized spacial score (nSPS) is 29.0. The number of ether oxygens (including phenoxy) is 2. The second-order valence-corrected chi connectivity index (χ2v) is 12.4. The molecule has 2 aromatic rings. The SMILES string of the molecule is O=C(Cl)OCc1ccccc1.O=C(OCc1ccccc1)ON1C(=O)C2C3C=CC(C3)C2C1=O.O=C1C2C3C=CC(C3)C2C(=O)N1O.[2H]B=N. The first-order valence-corrected chi connectivity index (χ1v) is 15.9. The Morgan fingerprint density at radius 2 is 1.10 bits per heavy atom. The zero-order chi connectivity index (χ0) is 35.9. The van der Waals surface area contributed by atoms with Gasteiger partial charge in [0.15, 0.2) is 0 Å². The quantitative estimate of drug-likeness (QED) is 0.114. The molecule has 2 saturated heterocycles. The van der Waals surface area contributed by atoms with Gasteiger partial charge < -0.3 is 9.47 Å². The van der Waals surface area contributed by atoms with Gasteiger partial charge in [-0.25, -0.2) is 9.59 Å². The molecule has 2 heterocycles. The summed E-state index contributed by atoms with van der Waals surface area (Å²) < 4.78 is 15.3. The Balaban J connectivity index is 0.000000152. The second kappa shape index (κ2) is 15.5. The number of carbonyl (C=O) groups is 6. The fourth-order valence-electron chi connectivity index (χ4n) is 7.38. The monoisotopic (exact) mass is 690 g/mol. The van der Waals surface area contributed by atoms with Crippen molar-refractivity contribution in [3.8, 4) is 0 Å². The van der Waals surface area contributed by atoms with Gasteiger partial charge in [-0.3, -0.25) is 29.2 Å². The van der Waals surface area contributed by atoms with Crippen LogP contribution in [0.25, 0.3) is 0 Å². The average molecular weight is 691 g/mol. The molecule has 0 radical (unpaired) electrons. The summed E-state index contributed by atoms with van der Waals surface area (Å²) in [5.74, 6) is -2.49. The van der Waals surface area contributed by atoms with Crippen LogP contribution in [-0.4, -0.2) is 59.5 Å². The van der Waals surface area contributed by atoms with Crippen LogP contribution < -0.4 is 0 Å². The van der Waals surface area contributed by atoms with Crippen LogP contribution in [0.1, 0.15) is 24.0 Å². The molecule has 0 aromatic heterocycles. The number of hydrogen-bond acceptors (Lipinski definition) is 11. The Bertz CT molecular complexity index is 1640. The topological polar surface area (TPSA) is 181 Å². The molecule has 2 aliphatic heterocycles. The van der Waals surface area contributed by atoms with E-state index < -0.39 is 35.2 Å². The molecule has 13 nitrogen and oxygen atoms in total. The van der Waals surface area contributed by atoms with E-state index in [1.54, 1.807) is 12.1 Å². The fourth-order valence-corrected chi connectivity index (χ4v) is 7.44. The van der Waals surface area contributed by atoms with Gasteiger partial charge in [-0.1, -0.05) is 90.0 Å². The first-order valence-electron chi connectivity index (χ1n) is 16.1. The molecule has 8 rings (SSSR count). The molecule has 15 heteroatoms. The Kier molecular flexibility index (Phi) is 10.7. The summed E-state index contributed by atoms with van der Waals surface area (Å²) in [5.41, 5.74) is 0.956. The van der Waals surface area contributed by atoms with Crippen LogP contribution in [0.4, 0.5) is 9.59 Å². The zero-order valence-corrected chi connectivity index (χ0v) is 26.8. The first-order chi connectivity index (χ1) is 24.0. The van der Waals surface area contributed by atoms with E-state index >= 15 is 0 Å². The number of halogens is 1. The maximum absolute atomic E-state index is 12.3. The van der Waals surface area contributed by atoms with E-state index in [1.807, 2.05) is 72.8 Å². The third-order valence-corrected chi connectivity index (χ3v) is 9.55. The Hall–Kier alpha value is -4.95. The maximum atomic E-state index is 12.3. The van der Waals surface area contributed by atoms with E-state index in [0.29, 0.717) is 17.7 Å². The molecule has 2 saturated carbocycles. The molecule has 6 aliphatic rings. The van der Waals surface area contributed by atoms with Crippen molar-refractivity contribution in [3.63, 3.8) is 0 Å². The standard InChI is InChI=1S/C17H15NO5.C9H9NO3.C8H7ClO2.BH2N/c19-15-13-11-6-7-12(8-11)14(13)16(20)18(15)23-17(21)22-9-10-4-2-1-3-5-10;11-8-6-4-1-2-5(3-4)7(6)9(12)10(8)13;9-8(10)11-6-7-4-2-1-3-5-7;1-2/h1-7,11-14H,8-9H2;1-2,4-7,13H,3H2;1-5H,6H2;1-2H/i;;;1D. The van der Waals surface area contributed by atoms with Gasteiger partial charge in [-0.05, 0) is 47.6 Å². The molecular formula is C34H33BClN3O10. The van der Waals surface area contributed by atoms with Crippen molar-refractivity contribution in [3.05, 3.63) is 96.1 Å². The number of rotatable bonds is 5. The van der Waals surface area contributed by atoms with Gasteiger partial charge in [0, 0.05) is 11.6 Å². The molecule has 2 aromatic carbocycles. The van der Waals surface area contributed by atoms with Crippen molar-refractivity contribution >= 4 is 54.4 Å². The predicted octanol–water partition coefficient (Wildman–Crippen LogP) is 4.46. The number of nitrogens with zero attached hydrogens (tertiary/aromatic N) is 2. The molecule has 4 aliphatic carbocycles. The molecule has 254 valence electrons. The third kappa shape index (κ3) is 7.40. The van der Waals surface area contributed by atoms with E-state index in [9.17, 15) is 28.8 Å². The van der Waals surface area contributed by atoms with E-state index in [0.717, 1.165) is 24.0 Å². The minimum absolute atomic E-state index is 0.0234. The Labute approximate surface area is 288 Å². The number of allylic oxidation sites excluding steroid dienone is 4. The van der Waals surface area contributed by atoms with Gasteiger partial charge in [-0.15, -0.1) is 0 Å². The summed E-state index contributed by atoms with van der Waals surface area (Å²) >= 11 is 4.97. The van der Waals surface area contributed by atoms with Crippen LogP contribution in [0.5, 0.6) is 0 Å². The molecule has 4 bridgehead atoms. The van der Waals surface area contributed by atoms with Crippen molar-refractivity contribution in [1.82, 2.24) is 10.1 Å². The van der Waals surface area contributed by atoms with Gasteiger partial charge in [-0.2, -0.15) is 5.06 Å². The number of hydrogen-bond donors (Lipinski definition) is 2. The van der Waals surface area contributed by atoms with Crippen LogP contribution in [0.2, 0.25) is 0 Å². The summed E-state index contributed by atoms with van der Waals surface area (Å²) in [6.45, 7) is 0.263. The van der Waals surface area contributed by atoms with E-state index in [2.05, 4.69) is 4.74 Å². The summed E-state index contributed by atoms with van der Waals surface area (Å²) in [4.78, 5) is 74.3. The third-order valence-electron chi connectivity index (χ3n) is 9.44. The van der Waals surface area contributed by atoms with Crippen LogP contribution >= 0.6 is 11.6 Å². The number of nitrogens with one attached hydrogen (secondary N) is 1. The number of hydroxylamine groups is 4. The molecule has 8 unspecified atom stereocenters. The molecule has 4 fully saturated rings. The summed E-state index contributed by atoms with van der Waals surface area (Å²) in [5, 5.41) is 15.8. The van der Waals surface area contributed by atoms with Crippen LogP contribution in [0.15, 0.2) is 85.0 Å². The van der Waals surface area contributed by atoms with Crippen LogP contribution in [-0.2, 0) is 46.7 Å². The number of imide groups is 2. The second-order valence-electron chi connectivity index (χ2n) is 12.1. The molecule has 49 heavy (non-hydrogen) atoms. The molecule has 4 amide bonds. The number of carbonyl (C=O) groups excluding carboxylic acids is 6. The average Bonchev–Trinajstić information content (AvgIpc) is 3.98. The Morgan fingerprint density at radius 3 is 1.49 bits per heavy atom. The molecule has 0 spiro atoms. The molecular weight excluding hydrogens is 657 g/mol. The predicted molar refractivity (Wildman–Crippen MR) is 171 cm³/mol. The van der Waals surface area contributed by atoms with Crippen LogP contribution in [0.3, 0.4) is 0 Å². The van der Waals surface area contributed by atoms with E-state index in [1.165, 1.54) is 0 Å². The number of fused-ring (bicyclic) bond motifs is 10. The summed E-state index contributed by atoms with van der Waals surface area (Å²) in [6, 6.07) is 18.5. The van der Waals surface area contributed by atoms with Crippen molar-refractivity contribution in [2.45, 2.75) is 26.1 Å². The Morgan fingerprint density at radius 1 is 0.735 bits per heavy atom. The van der Waals surface area contributed by atoms with Gasteiger partial charge in [0.25, 0.3) is 23.6 Å². The van der Waals surface area contributed by atoms with Gasteiger partial charge in [0.05, 0.1) is 23.7 Å². The van der Waals surface area contributed by atoms with Crippen molar-refractivity contribution in [2.24, 2.45) is 47.3 Å².